The van der Waals surface area contributed by atoms with Gasteiger partial charge in [-0.2, -0.15) is 0 Å². The van der Waals surface area contributed by atoms with Crippen LogP contribution in [0.5, 0.6) is 5.75 Å². The summed E-state index contributed by atoms with van der Waals surface area (Å²) in [5.41, 5.74) is 1.94. The van der Waals surface area contributed by atoms with Crippen LogP contribution in [0, 0.1) is 0 Å². The number of ether oxygens (including phenoxy) is 1. The number of carbonyl (C=O) groups is 1. The van der Waals surface area contributed by atoms with Crippen molar-refractivity contribution in [2.24, 2.45) is 0 Å². The molecule has 0 radical (unpaired) electrons. The number of anilines is 1. The van der Waals surface area contributed by atoms with Crippen LogP contribution in [-0.4, -0.2) is 25.5 Å². The second-order valence-electron chi connectivity index (χ2n) is 4.85. The zero-order valence-corrected chi connectivity index (χ0v) is 10.1. The van der Waals surface area contributed by atoms with Crippen LogP contribution < -0.4 is 9.64 Å². The molecule has 0 N–H and O–H groups in total. The molecule has 1 saturated heterocycles. The number of ketones is 1. The molecule has 0 amide bonds. The monoisotopic (exact) mass is 231 g/mol. The van der Waals surface area contributed by atoms with Crippen molar-refractivity contribution >= 4 is 11.5 Å². The maximum atomic E-state index is 12.1. The van der Waals surface area contributed by atoms with Gasteiger partial charge in [-0.25, -0.2) is 0 Å². The number of methoxy groups -OCH3 is 1. The molecule has 2 heterocycles. The number of benzene rings is 1. The molecule has 0 aliphatic carbocycles. The summed E-state index contributed by atoms with van der Waals surface area (Å²) in [6.07, 6.45) is 4.29. The van der Waals surface area contributed by atoms with Crippen molar-refractivity contribution in [1.82, 2.24) is 0 Å². The van der Waals surface area contributed by atoms with Gasteiger partial charge >= 0.3 is 0 Å². The largest absolute Gasteiger partial charge is 0.497 e. The van der Waals surface area contributed by atoms with Crippen molar-refractivity contribution in [2.75, 3.05) is 18.6 Å². The molecule has 0 bridgehead atoms. The second kappa shape index (κ2) is 4.06. The molecule has 2 aliphatic heterocycles. The molecular formula is C14H17NO2. The summed E-state index contributed by atoms with van der Waals surface area (Å²) in [5.74, 6) is 1.12. The minimum absolute atomic E-state index is 0.283. The molecule has 3 nitrogen and oxygen atoms in total. The fourth-order valence-electron chi connectivity index (χ4n) is 2.97. The summed E-state index contributed by atoms with van der Waals surface area (Å²) >= 11 is 0. The van der Waals surface area contributed by atoms with E-state index < -0.39 is 0 Å². The number of fused-ring (bicyclic) bond motifs is 3. The third kappa shape index (κ3) is 1.70. The minimum atomic E-state index is 0.283. The molecule has 3 heteroatoms. The zero-order valence-electron chi connectivity index (χ0n) is 10.1. The summed E-state index contributed by atoms with van der Waals surface area (Å²) in [7, 11) is 1.67. The van der Waals surface area contributed by atoms with Crippen molar-refractivity contribution in [3.8, 4) is 5.75 Å². The Morgan fingerprint density at radius 1 is 1.35 bits per heavy atom. The summed E-state index contributed by atoms with van der Waals surface area (Å²) in [5, 5.41) is 0. The lowest BCUT2D eigenvalue weighted by Crippen LogP contribution is -2.44. The lowest BCUT2D eigenvalue weighted by atomic mass is 9.88. The number of piperidine rings is 1. The second-order valence-corrected chi connectivity index (χ2v) is 4.85. The third-order valence-electron chi connectivity index (χ3n) is 3.86. The Kier molecular flexibility index (Phi) is 2.54. The first-order valence-electron chi connectivity index (χ1n) is 6.27. The van der Waals surface area contributed by atoms with E-state index in [1.54, 1.807) is 7.11 Å². The molecule has 0 spiro atoms. The number of carbonyl (C=O) groups excluding carboxylic acids is 1. The zero-order chi connectivity index (χ0) is 11.8. The van der Waals surface area contributed by atoms with Gasteiger partial charge in [0.2, 0.25) is 0 Å². The van der Waals surface area contributed by atoms with E-state index in [1.165, 1.54) is 12.8 Å². The van der Waals surface area contributed by atoms with Gasteiger partial charge in [-0.05, 0) is 31.4 Å². The van der Waals surface area contributed by atoms with Gasteiger partial charge in [0.25, 0.3) is 0 Å². The van der Waals surface area contributed by atoms with E-state index >= 15 is 0 Å². The standard InChI is InChI=1S/C14H17NO2/c1-17-11-5-6-12-13(9-11)15-7-3-2-4-10(15)8-14(12)16/h5-6,9-10H,2-4,7-8H2,1H3. The first-order valence-corrected chi connectivity index (χ1v) is 6.27. The predicted molar refractivity (Wildman–Crippen MR) is 66.9 cm³/mol. The lowest BCUT2D eigenvalue weighted by molar-refractivity contribution is 0.0961. The molecule has 1 atom stereocenters. The Hall–Kier alpha value is -1.51. The van der Waals surface area contributed by atoms with Gasteiger partial charge in [-0.15, -0.1) is 0 Å². The van der Waals surface area contributed by atoms with Crippen LogP contribution in [0.3, 0.4) is 0 Å². The maximum Gasteiger partial charge on any atom is 0.167 e. The highest BCUT2D eigenvalue weighted by Crippen LogP contribution is 2.37. The number of hydrogen-bond donors (Lipinski definition) is 0. The Bertz CT molecular complexity index is 456. The van der Waals surface area contributed by atoms with E-state index in [1.807, 2.05) is 18.2 Å². The molecule has 3 rings (SSSR count). The number of Topliss-reactive ketones (excluding diaryl/α,β-unsaturated/α-hetero) is 1. The van der Waals surface area contributed by atoms with Crippen molar-refractivity contribution in [3.63, 3.8) is 0 Å². The van der Waals surface area contributed by atoms with Crippen molar-refractivity contribution < 1.29 is 9.53 Å². The predicted octanol–water partition coefficient (Wildman–Crippen LogP) is 2.64. The third-order valence-corrected chi connectivity index (χ3v) is 3.86. The Labute approximate surface area is 101 Å². The van der Waals surface area contributed by atoms with E-state index in [2.05, 4.69) is 4.90 Å². The van der Waals surface area contributed by atoms with E-state index in [4.69, 9.17) is 4.74 Å². The van der Waals surface area contributed by atoms with E-state index in [0.717, 1.165) is 30.0 Å². The maximum absolute atomic E-state index is 12.1. The van der Waals surface area contributed by atoms with Gasteiger partial charge in [0.1, 0.15) is 5.75 Å². The van der Waals surface area contributed by atoms with Crippen molar-refractivity contribution in [3.05, 3.63) is 23.8 Å². The fraction of sp³-hybridized carbons (Fsp3) is 0.500. The smallest absolute Gasteiger partial charge is 0.167 e. The topological polar surface area (TPSA) is 29.5 Å². The average molecular weight is 231 g/mol. The molecule has 17 heavy (non-hydrogen) atoms. The van der Waals surface area contributed by atoms with Crippen LogP contribution in [0.2, 0.25) is 0 Å². The summed E-state index contributed by atoms with van der Waals surface area (Å²) in [6.45, 7) is 1.07. The normalized spacial score (nSPS) is 23.0. The average Bonchev–Trinajstić information content (AvgIpc) is 2.38. The Morgan fingerprint density at radius 3 is 3.06 bits per heavy atom. The van der Waals surface area contributed by atoms with Crippen LogP contribution in [-0.2, 0) is 0 Å². The highest BCUT2D eigenvalue weighted by molar-refractivity contribution is 6.04. The molecule has 90 valence electrons. The van der Waals surface area contributed by atoms with Gasteiger partial charge in [-0.1, -0.05) is 0 Å². The summed E-state index contributed by atoms with van der Waals surface area (Å²) in [4.78, 5) is 14.5. The van der Waals surface area contributed by atoms with Crippen molar-refractivity contribution in [2.45, 2.75) is 31.7 Å². The SMILES string of the molecule is COc1ccc2c(c1)N1CCCCC1CC2=O. The van der Waals surface area contributed by atoms with Gasteiger partial charge in [0, 0.05) is 30.6 Å². The first-order chi connectivity index (χ1) is 8.29. The highest BCUT2D eigenvalue weighted by atomic mass is 16.5. The number of hydrogen-bond acceptors (Lipinski definition) is 3. The Balaban J connectivity index is 2.06. The molecule has 1 aromatic rings. The van der Waals surface area contributed by atoms with Crippen LogP contribution in [0.15, 0.2) is 18.2 Å². The summed E-state index contributed by atoms with van der Waals surface area (Å²) in [6, 6.07) is 6.20. The first kappa shape index (κ1) is 10.6. The molecule has 1 unspecified atom stereocenters. The Morgan fingerprint density at radius 2 is 2.24 bits per heavy atom. The van der Waals surface area contributed by atoms with Crippen LogP contribution >= 0.6 is 0 Å². The van der Waals surface area contributed by atoms with Gasteiger partial charge in [0.15, 0.2) is 5.78 Å². The van der Waals surface area contributed by atoms with E-state index in [-0.39, 0.29) is 5.78 Å². The van der Waals surface area contributed by atoms with E-state index in [0.29, 0.717) is 12.5 Å². The molecular weight excluding hydrogens is 214 g/mol. The quantitative estimate of drug-likeness (QED) is 0.744. The molecule has 1 aromatic carbocycles. The summed E-state index contributed by atoms with van der Waals surface area (Å²) < 4.78 is 5.26. The molecule has 0 saturated carbocycles. The van der Waals surface area contributed by atoms with E-state index in [9.17, 15) is 4.79 Å². The van der Waals surface area contributed by atoms with Gasteiger partial charge in [0.05, 0.1) is 12.8 Å². The fourth-order valence-corrected chi connectivity index (χ4v) is 2.97. The highest BCUT2D eigenvalue weighted by Gasteiger charge is 2.32. The lowest BCUT2D eigenvalue weighted by Gasteiger charge is -2.41. The van der Waals surface area contributed by atoms with Crippen LogP contribution in [0.4, 0.5) is 5.69 Å². The minimum Gasteiger partial charge on any atom is -0.497 e. The van der Waals surface area contributed by atoms with Crippen LogP contribution in [0.1, 0.15) is 36.0 Å². The molecule has 2 aliphatic rings. The van der Waals surface area contributed by atoms with Gasteiger partial charge < -0.3 is 9.64 Å². The van der Waals surface area contributed by atoms with Gasteiger partial charge in [-0.3, -0.25) is 4.79 Å². The molecule has 0 aromatic heterocycles. The van der Waals surface area contributed by atoms with Crippen LogP contribution in [0.25, 0.3) is 0 Å². The number of rotatable bonds is 1. The van der Waals surface area contributed by atoms with Crippen molar-refractivity contribution in [1.29, 1.82) is 0 Å². The molecule has 1 fully saturated rings. The number of nitrogens with zero attached hydrogens (tertiary/aromatic N) is 1.